The van der Waals surface area contributed by atoms with Gasteiger partial charge in [0.05, 0.1) is 10.3 Å². The maximum Gasteiger partial charge on any atom is 0.260 e. The second kappa shape index (κ2) is 7.46. The van der Waals surface area contributed by atoms with Gasteiger partial charge in [-0.2, -0.15) is 0 Å². The van der Waals surface area contributed by atoms with Crippen molar-refractivity contribution in [3.8, 4) is 5.75 Å². The van der Waals surface area contributed by atoms with Gasteiger partial charge in [-0.25, -0.2) is 17.5 Å². The molecule has 0 unspecified atom stereocenters. The van der Waals surface area contributed by atoms with Crippen LogP contribution in [0.15, 0.2) is 18.2 Å². The Hall–Kier alpha value is -1.38. The molecule has 0 saturated carbocycles. The monoisotopic (exact) mass is 364 g/mol. The number of nitrogens with zero attached hydrogens (tertiary/aromatic N) is 1. The smallest absolute Gasteiger partial charge is 0.260 e. The minimum absolute atomic E-state index is 0.0759. The standard InChI is InChI=1S/C14H18ClFN2O4S/c1-17-23(20,21)11-4-6-18(7-5-11)14(19)9-22-10-2-3-13(16)12(15)8-10/h2-3,8,11,17H,4-7,9H2,1H3. The molecule has 1 saturated heterocycles. The summed E-state index contributed by atoms with van der Waals surface area (Å²) in [6.07, 6.45) is 0.772. The number of hydrogen-bond acceptors (Lipinski definition) is 4. The number of amides is 1. The number of carbonyl (C=O) groups excluding carboxylic acids is 1. The lowest BCUT2D eigenvalue weighted by Gasteiger charge is -2.31. The molecule has 1 aliphatic heterocycles. The van der Waals surface area contributed by atoms with E-state index >= 15 is 0 Å². The van der Waals surface area contributed by atoms with Crippen molar-refractivity contribution in [1.82, 2.24) is 9.62 Å². The van der Waals surface area contributed by atoms with Crippen molar-refractivity contribution in [2.75, 3.05) is 26.7 Å². The van der Waals surface area contributed by atoms with Crippen LogP contribution in [0.1, 0.15) is 12.8 Å². The van der Waals surface area contributed by atoms with E-state index in [-0.39, 0.29) is 17.5 Å². The summed E-state index contributed by atoms with van der Waals surface area (Å²) < 4.78 is 44.1. The molecule has 1 aromatic rings. The number of ether oxygens (including phenoxy) is 1. The van der Waals surface area contributed by atoms with Gasteiger partial charge in [0, 0.05) is 19.2 Å². The molecule has 128 valence electrons. The van der Waals surface area contributed by atoms with Crippen molar-refractivity contribution in [3.05, 3.63) is 29.0 Å². The van der Waals surface area contributed by atoms with Crippen molar-refractivity contribution in [2.45, 2.75) is 18.1 Å². The summed E-state index contributed by atoms with van der Waals surface area (Å²) in [5.41, 5.74) is 0. The van der Waals surface area contributed by atoms with Gasteiger partial charge < -0.3 is 9.64 Å². The average molecular weight is 365 g/mol. The number of benzene rings is 1. The molecule has 0 atom stereocenters. The summed E-state index contributed by atoms with van der Waals surface area (Å²) >= 11 is 5.64. The Morgan fingerprint density at radius 3 is 2.65 bits per heavy atom. The summed E-state index contributed by atoms with van der Waals surface area (Å²) in [5.74, 6) is -0.499. The Kier molecular flexibility index (Phi) is 5.83. The summed E-state index contributed by atoms with van der Waals surface area (Å²) in [6.45, 7) is 0.515. The predicted octanol–water partition coefficient (Wildman–Crippen LogP) is 1.40. The fraction of sp³-hybridized carbons (Fsp3) is 0.500. The van der Waals surface area contributed by atoms with Crippen LogP contribution in [0.2, 0.25) is 5.02 Å². The quantitative estimate of drug-likeness (QED) is 0.856. The maximum atomic E-state index is 13.0. The van der Waals surface area contributed by atoms with Crippen LogP contribution in [0, 0.1) is 5.82 Å². The number of carbonyl (C=O) groups is 1. The molecule has 1 amide bonds. The van der Waals surface area contributed by atoms with Crippen molar-refractivity contribution < 1.29 is 22.3 Å². The predicted molar refractivity (Wildman–Crippen MR) is 84.5 cm³/mol. The third kappa shape index (κ3) is 4.55. The number of likely N-dealkylation sites (tertiary alicyclic amines) is 1. The topological polar surface area (TPSA) is 75.7 Å². The Balaban J connectivity index is 1.84. The highest BCUT2D eigenvalue weighted by atomic mass is 35.5. The SMILES string of the molecule is CNS(=O)(=O)C1CCN(C(=O)COc2ccc(F)c(Cl)c2)CC1. The van der Waals surface area contributed by atoms with Crippen LogP contribution < -0.4 is 9.46 Å². The molecule has 1 N–H and O–H groups in total. The van der Waals surface area contributed by atoms with E-state index in [9.17, 15) is 17.6 Å². The van der Waals surface area contributed by atoms with E-state index in [0.717, 1.165) is 6.07 Å². The molecule has 1 fully saturated rings. The van der Waals surface area contributed by atoms with Crippen LogP contribution in [-0.2, 0) is 14.8 Å². The van der Waals surface area contributed by atoms with Gasteiger partial charge in [-0.1, -0.05) is 11.6 Å². The first-order valence-corrected chi connectivity index (χ1v) is 9.04. The Bertz CT molecular complexity index is 675. The lowest BCUT2D eigenvalue weighted by atomic mass is 10.1. The molecule has 1 heterocycles. The van der Waals surface area contributed by atoms with Crippen LogP contribution in [0.5, 0.6) is 5.75 Å². The van der Waals surface area contributed by atoms with E-state index in [4.69, 9.17) is 16.3 Å². The summed E-state index contributed by atoms with van der Waals surface area (Å²) in [5, 5.41) is -0.554. The molecular formula is C14H18ClFN2O4S. The molecule has 0 radical (unpaired) electrons. The third-order valence-corrected chi connectivity index (χ3v) is 5.98. The van der Waals surface area contributed by atoms with Crippen LogP contribution >= 0.6 is 11.6 Å². The first-order chi connectivity index (χ1) is 10.8. The highest BCUT2D eigenvalue weighted by Crippen LogP contribution is 2.21. The molecule has 0 aromatic heterocycles. The van der Waals surface area contributed by atoms with Crippen molar-refractivity contribution in [1.29, 1.82) is 0 Å². The lowest BCUT2D eigenvalue weighted by molar-refractivity contribution is -0.134. The number of halogens is 2. The number of piperidine rings is 1. The number of nitrogens with one attached hydrogen (secondary N) is 1. The van der Waals surface area contributed by atoms with E-state index < -0.39 is 21.1 Å². The first-order valence-electron chi connectivity index (χ1n) is 7.11. The van der Waals surface area contributed by atoms with Crippen molar-refractivity contribution in [3.63, 3.8) is 0 Å². The Labute approximate surface area is 139 Å². The van der Waals surface area contributed by atoms with E-state index in [2.05, 4.69) is 4.72 Å². The Morgan fingerprint density at radius 1 is 1.43 bits per heavy atom. The highest BCUT2D eigenvalue weighted by Gasteiger charge is 2.30. The molecule has 0 aliphatic carbocycles. The minimum atomic E-state index is -3.30. The van der Waals surface area contributed by atoms with Crippen LogP contribution in [0.3, 0.4) is 0 Å². The highest BCUT2D eigenvalue weighted by molar-refractivity contribution is 7.90. The normalized spacial score (nSPS) is 16.4. The van der Waals surface area contributed by atoms with E-state index in [0.29, 0.717) is 31.7 Å². The summed E-state index contributed by atoms with van der Waals surface area (Å²) in [6, 6.07) is 3.85. The Morgan fingerprint density at radius 2 is 2.09 bits per heavy atom. The molecule has 23 heavy (non-hydrogen) atoms. The fourth-order valence-electron chi connectivity index (χ4n) is 2.39. The average Bonchev–Trinajstić information content (AvgIpc) is 2.55. The van der Waals surface area contributed by atoms with Gasteiger partial charge in [0.15, 0.2) is 6.61 Å². The third-order valence-electron chi connectivity index (χ3n) is 3.77. The molecular weight excluding hydrogens is 347 g/mol. The number of sulfonamides is 1. The van der Waals surface area contributed by atoms with Gasteiger partial charge >= 0.3 is 0 Å². The van der Waals surface area contributed by atoms with Gasteiger partial charge in [-0.3, -0.25) is 4.79 Å². The van der Waals surface area contributed by atoms with E-state index in [1.165, 1.54) is 19.2 Å². The van der Waals surface area contributed by atoms with E-state index in [1.807, 2.05) is 0 Å². The molecule has 1 aromatic carbocycles. The number of hydrogen-bond donors (Lipinski definition) is 1. The molecule has 6 nitrogen and oxygen atoms in total. The molecule has 9 heteroatoms. The molecule has 0 bridgehead atoms. The maximum absolute atomic E-state index is 13.0. The van der Waals surface area contributed by atoms with Gasteiger partial charge in [-0.05, 0) is 32.0 Å². The number of rotatable bonds is 5. The largest absolute Gasteiger partial charge is 0.484 e. The lowest BCUT2D eigenvalue weighted by Crippen LogP contribution is -2.46. The first kappa shape index (κ1) is 18.0. The van der Waals surface area contributed by atoms with Gasteiger partial charge in [0.1, 0.15) is 11.6 Å². The zero-order valence-electron chi connectivity index (χ0n) is 12.6. The van der Waals surface area contributed by atoms with Crippen LogP contribution in [-0.4, -0.2) is 51.2 Å². The van der Waals surface area contributed by atoms with Gasteiger partial charge in [0.25, 0.3) is 5.91 Å². The zero-order valence-corrected chi connectivity index (χ0v) is 14.2. The van der Waals surface area contributed by atoms with E-state index in [1.54, 1.807) is 4.90 Å². The molecule has 1 aliphatic rings. The van der Waals surface area contributed by atoms with Crippen molar-refractivity contribution >= 4 is 27.5 Å². The van der Waals surface area contributed by atoms with Crippen molar-refractivity contribution in [2.24, 2.45) is 0 Å². The zero-order chi connectivity index (χ0) is 17.0. The van der Waals surface area contributed by atoms with Crippen LogP contribution in [0.4, 0.5) is 4.39 Å². The second-order valence-corrected chi connectivity index (χ2v) is 7.77. The summed E-state index contributed by atoms with van der Waals surface area (Å²) in [7, 11) is -1.92. The van der Waals surface area contributed by atoms with Gasteiger partial charge in [-0.15, -0.1) is 0 Å². The van der Waals surface area contributed by atoms with Crippen LogP contribution in [0.25, 0.3) is 0 Å². The summed E-state index contributed by atoms with van der Waals surface area (Å²) in [4.78, 5) is 13.6. The van der Waals surface area contributed by atoms with Gasteiger partial charge in [0.2, 0.25) is 10.0 Å². The molecule has 0 spiro atoms. The second-order valence-electron chi connectivity index (χ2n) is 5.19. The molecule has 2 rings (SSSR count). The minimum Gasteiger partial charge on any atom is -0.484 e. The fourth-order valence-corrected chi connectivity index (χ4v) is 3.72.